The predicted octanol–water partition coefficient (Wildman–Crippen LogP) is 3.12. The largest absolute Gasteiger partial charge is 0.355 e. The molecule has 0 radical (unpaired) electrons. The molecule has 3 aromatic heterocycles. The highest BCUT2D eigenvalue weighted by Crippen LogP contribution is 2.34. The summed E-state index contributed by atoms with van der Waals surface area (Å²) in [6.07, 6.45) is 3.55. The lowest BCUT2D eigenvalue weighted by Crippen LogP contribution is -2.46. The standard InChI is InChI=1S/C23H26N8/c1-14-24-20(11-22(25-14)31-21(10-16-8-9-16)26-15(2)28-31)30-12-17(13-30)23-27-18-6-4-5-7-19(18)29(23)3/h4-7,11,16-17H,8-10,12-13H2,1-3H3. The number of aryl methyl sites for hydroxylation is 3. The fourth-order valence-corrected chi connectivity index (χ4v) is 4.52. The van der Waals surface area contributed by atoms with E-state index in [1.807, 2.05) is 30.7 Å². The number of nitrogens with zero attached hydrogens (tertiary/aromatic N) is 8. The van der Waals surface area contributed by atoms with Gasteiger partial charge >= 0.3 is 0 Å². The number of anilines is 1. The molecule has 0 atom stereocenters. The van der Waals surface area contributed by atoms with E-state index >= 15 is 0 Å². The first-order chi connectivity index (χ1) is 15.0. The Kier molecular flexibility index (Phi) is 4.09. The van der Waals surface area contributed by atoms with Crippen LogP contribution in [0, 0.1) is 19.8 Å². The third kappa shape index (κ3) is 3.26. The molecular weight excluding hydrogens is 388 g/mol. The maximum Gasteiger partial charge on any atom is 0.161 e. The van der Waals surface area contributed by atoms with Gasteiger partial charge in [-0.15, -0.1) is 5.10 Å². The Morgan fingerprint density at radius 1 is 0.935 bits per heavy atom. The zero-order valence-corrected chi connectivity index (χ0v) is 18.2. The van der Waals surface area contributed by atoms with E-state index in [2.05, 4.69) is 49.8 Å². The number of benzene rings is 1. The monoisotopic (exact) mass is 414 g/mol. The molecule has 31 heavy (non-hydrogen) atoms. The van der Waals surface area contributed by atoms with Crippen molar-refractivity contribution in [2.45, 2.75) is 39.0 Å². The second-order valence-electron chi connectivity index (χ2n) is 8.89. The zero-order valence-electron chi connectivity index (χ0n) is 18.2. The summed E-state index contributed by atoms with van der Waals surface area (Å²) in [7, 11) is 2.11. The molecule has 0 spiro atoms. The number of fused-ring (bicyclic) bond motifs is 1. The summed E-state index contributed by atoms with van der Waals surface area (Å²) in [4.78, 5) is 21.2. The molecule has 2 fully saturated rings. The Morgan fingerprint density at radius 3 is 2.48 bits per heavy atom. The highest BCUT2D eigenvalue weighted by atomic mass is 15.4. The van der Waals surface area contributed by atoms with Crippen molar-refractivity contribution >= 4 is 16.9 Å². The normalized spacial score (nSPS) is 16.8. The van der Waals surface area contributed by atoms with Crippen LogP contribution in [-0.2, 0) is 13.5 Å². The van der Waals surface area contributed by atoms with Crippen molar-refractivity contribution in [2.75, 3.05) is 18.0 Å². The topological polar surface area (TPSA) is 77.5 Å². The van der Waals surface area contributed by atoms with Crippen LogP contribution in [0.4, 0.5) is 5.82 Å². The van der Waals surface area contributed by atoms with Crippen LogP contribution in [-0.4, -0.2) is 47.4 Å². The van der Waals surface area contributed by atoms with Crippen molar-refractivity contribution in [3.8, 4) is 5.82 Å². The Labute approximate surface area is 181 Å². The average molecular weight is 415 g/mol. The number of imidazole rings is 1. The summed E-state index contributed by atoms with van der Waals surface area (Å²) >= 11 is 0. The summed E-state index contributed by atoms with van der Waals surface area (Å²) in [6.45, 7) is 5.69. The molecule has 0 N–H and O–H groups in total. The highest BCUT2D eigenvalue weighted by Gasteiger charge is 2.33. The molecule has 6 rings (SSSR count). The molecule has 0 unspecified atom stereocenters. The number of para-hydroxylation sites is 2. The van der Waals surface area contributed by atoms with E-state index in [0.717, 1.165) is 65.9 Å². The molecule has 4 aromatic rings. The van der Waals surface area contributed by atoms with E-state index in [-0.39, 0.29) is 0 Å². The van der Waals surface area contributed by atoms with Crippen LogP contribution in [0.2, 0.25) is 0 Å². The van der Waals surface area contributed by atoms with Gasteiger partial charge in [-0.2, -0.15) is 4.68 Å². The van der Waals surface area contributed by atoms with Crippen LogP contribution >= 0.6 is 0 Å². The Morgan fingerprint density at radius 2 is 1.71 bits per heavy atom. The second-order valence-corrected chi connectivity index (χ2v) is 8.89. The maximum atomic E-state index is 4.87. The van der Waals surface area contributed by atoms with Gasteiger partial charge in [0.15, 0.2) is 5.82 Å². The molecule has 1 aromatic carbocycles. The number of rotatable bonds is 5. The highest BCUT2D eigenvalue weighted by molar-refractivity contribution is 5.76. The van der Waals surface area contributed by atoms with Gasteiger partial charge in [-0.25, -0.2) is 19.9 Å². The number of aromatic nitrogens is 7. The van der Waals surface area contributed by atoms with Crippen LogP contribution in [0.25, 0.3) is 16.9 Å². The lowest BCUT2D eigenvalue weighted by molar-refractivity contribution is 0.485. The van der Waals surface area contributed by atoms with Crippen LogP contribution < -0.4 is 4.90 Å². The number of hydrogen-bond donors (Lipinski definition) is 0. The molecule has 2 aliphatic rings. The lowest BCUT2D eigenvalue weighted by Gasteiger charge is -2.39. The zero-order chi connectivity index (χ0) is 21.1. The van der Waals surface area contributed by atoms with Crippen molar-refractivity contribution in [3.05, 3.63) is 53.6 Å². The van der Waals surface area contributed by atoms with Gasteiger partial charge in [0.25, 0.3) is 0 Å². The van der Waals surface area contributed by atoms with Gasteiger partial charge in [0, 0.05) is 32.6 Å². The Balaban J connectivity index is 1.26. The van der Waals surface area contributed by atoms with E-state index in [9.17, 15) is 0 Å². The average Bonchev–Trinajstić information content (AvgIpc) is 3.37. The minimum absolute atomic E-state index is 0.398. The van der Waals surface area contributed by atoms with Crippen molar-refractivity contribution in [2.24, 2.45) is 13.0 Å². The van der Waals surface area contributed by atoms with E-state index in [4.69, 9.17) is 9.97 Å². The van der Waals surface area contributed by atoms with Crippen LogP contribution in [0.5, 0.6) is 0 Å². The number of hydrogen-bond acceptors (Lipinski definition) is 6. The van der Waals surface area contributed by atoms with Gasteiger partial charge in [0.05, 0.1) is 17.0 Å². The van der Waals surface area contributed by atoms with E-state index in [1.165, 1.54) is 18.4 Å². The minimum Gasteiger partial charge on any atom is -0.355 e. The Bertz CT molecular complexity index is 1280. The molecule has 1 aliphatic heterocycles. The van der Waals surface area contributed by atoms with Crippen molar-refractivity contribution < 1.29 is 0 Å². The Hall–Kier alpha value is -3.29. The predicted molar refractivity (Wildman–Crippen MR) is 119 cm³/mol. The van der Waals surface area contributed by atoms with Gasteiger partial charge in [-0.05, 0) is 44.7 Å². The molecule has 0 bridgehead atoms. The summed E-state index contributed by atoms with van der Waals surface area (Å²) in [5.41, 5.74) is 2.24. The SMILES string of the molecule is Cc1nc(N2CC(c3nc4ccccc4n3C)C2)cc(-n2nc(C)nc2CC2CC2)n1. The molecular formula is C23H26N8. The molecule has 158 valence electrons. The maximum absolute atomic E-state index is 4.87. The first-order valence-electron chi connectivity index (χ1n) is 11.0. The van der Waals surface area contributed by atoms with Gasteiger partial charge in [0.1, 0.15) is 29.1 Å². The quantitative estimate of drug-likeness (QED) is 0.499. The molecule has 1 aliphatic carbocycles. The van der Waals surface area contributed by atoms with Gasteiger partial charge in [-0.1, -0.05) is 12.1 Å². The first-order valence-corrected chi connectivity index (χ1v) is 11.0. The van der Waals surface area contributed by atoms with E-state index in [0.29, 0.717) is 5.92 Å². The van der Waals surface area contributed by atoms with Crippen LogP contribution in [0.15, 0.2) is 30.3 Å². The minimum atomic E-state index is 0.398. The second kappa shape index (κ2) is 6.87. The summed E-state index contributed by atoms with van der Waals surface area (Å²) in [6, 6.07) is 10.4. The van der Waals surface area contributed by atoms with Crippen molar-refractivity contribution in [1.29, 1.82) is 0 Å². The van der Waals surface area contributed by atoms with E-state index < -0.39 is 0 Å². The first kappa shape index (κ1) is 18.5. The molecule has 8 heteroatoms. The molecule has 1 saturated carbocycles. The van der Waals surface area contributed by atoms with Crippen LogP contribution in [0.3, 0.4) is 0 Å². The van der Waals surface area contributed by atoms with E-state index in [1.54, 1.807) is 0 Å². The third-order valence-corrected chi connectivity index (χ3v) is 6.37. The molecule has 1 saturated heterocycles. The third-order valence-electron chi connectivity index (χ3n) is 6.37. The lowest BCUT2D eigenvalue weighted by atomic mass is 9.99. The van der Waals surface area contributed by atoms with Crippen molar-refractivity contribution in [1.82, 2.24) is 34.3 Å². The van der Waals surface area contributed by atoms with Crippen molar-refractivity contribution in [3.63, 3.8) is 0 Å². The summed E-state index contributed by atoms with van der Waals surface area (Å²) in [5.74, 6) is 6.59. The van der Waals surface area contributed by atoms with Gasteiger partial charge in [0.2, 0.25) is 0 Å². The van der Waals surface area contributed by atoms with Crippen LogP contribution in [0.1, 0.15) is 42.1 Å². The molecule has 4 heterocycles. The smallest absolute Gasteiger partial charge is 0.161 e. The molecule has 0 amide bonds. The van der Waals surface area contributed by atoms with Gasteiger partial charge in [-0.3, -0.25) is 0 Å². The fraction of sp³-hybridized carbons (Fsp3) is 0.435. The summed E-state index contributed by atoms with van der Waals surface area (Å²) < 4.78 is 4.13. The summed E-state index contributed by atoms with van der Waals surface area (Å²) in [5, 5.41) is 4.63. The fourth-order valence-electron chi connectivity index (χ4n) is 4.52. The molecule has 8 nitrogen and oxygen atoms in total. The van der Waals surface area contributed by atoms with Gasteiger partial charge < -0.3 is 9.47 Å².